The second kappa shape index (κ2) is 8.58. The van der Waals surface area contributed by atoms with Crippen LogP contribution in [0.25, 0.3) is 0 Å². The Balaban J connectivity index is -0.0000000267. The predicted octanol–water partition coefficient (Wildman–Crippen LogP) is -8.67. The molecule has 0 spiro atoms. The summed E-state index contributed by atoms with van der Waals surface area (Å²) in [5, 5.41) is 0. The van der Waals surface area contributed by atoms with E-state index in [1.54, 1.807) is 0 Å². The van der Waals surface area contributed by atoms with Gasteiger partial charge in [0.05, 0.1) is 28.2 Å². The van der Waals surface area contributed by atoms with Crippen molar-refractivity contribution >= 4 is 0 Å². The van der Waals surface area contributed by atoms with Crippen LogP contribution in [0.5, 0.6) is 0 Å². The summed E-state index contributed by atoms with van der Waals surface area (Å²) in [6.45, 7) is 0. The second-order valence-corrected chi connectivity index (χ2v) is 2.68. The van der Waals surface area contributed by atoms with Crippen molar-refractivity contribution in [2.75, 3.05) is 28.2 Å². The van der Waals surface area contributed by atoms with Gasteiger partial charge < -0.3 is 40.9 Å². The molecular weight excluding hydrogens is 231 g/mol. The second-order valence-electron chi connectivity index (χ2n) is 2.68. The first-order valence-corrected chi connectivity index (χ1v) is 1.79. The molecule has 0 aliphatic heterocycles. The molecule has 0 aliphatic carbocycles. The normalized spacial score (nSPS) is 7.50. The first kappa shape index (κ1) is 22.7. The van der Waals surface area contributed by atoms with Crippen LogP contribution in [-0.4, -0.2) is 32.7 Å². The van der Waals surface area contributed by atoms with Gasteiger partial charge in [-0.15, -0.1) is 0 Å². The third-order valence-electron chi connectivity index (χ3n) is 0. The van der Waals surface area contributed by atoms with E-state index in [1.165, 1.54) is 0 Å². The number of hydrogen-bond acceptors (Lipinski definition) is 0. The standard InChI is InChI=1S/C4H12N.ClH.HI.Li/c1-5(2,3)4;;;/h1-4H3;2*1H;/q+1;;;+1/p-2. The number of quaternary nitrogens is 1. The molecule has 0 saturated carbocycles. The molecule has 0 atom stereocenters. The summed E-state index contributed by atoms with van der Waals surface area (Å²) in [5.74, 6) is 0. The van der Waals surface area contributed by atoms with Crippen molar-refractivity contribution in [2.24, 2.45) is 0 Å². The van der Waals surface area contributed by atoms with E-state index in [2.05, 4.69) is 28.2 Å². The summed E-state index contributed by atoms with van der Waals surface area (Å²) >= 11 is 0. The van der Waals surface area contributed by atoms with E-state index >= 15 is 0 Å². The molecule has 0 aromatic rings. The Hall–Kier alpha value is 1.58. The van der Waals surface area contributed by atoms with Crippen LogP contribution in [0.1, 0.15) is 0 Å². The van der Waals surface area contributed by atoms with E-state index in [0.717, 1.165) is 4.48 Å². The Kier molecular flexibility index (Phi) is 24.3. The molecule has 0 saturated heterocycles. The molecule has 0 radical (unpaired) electrons. The maximum Gasteiger partial charge on any atom is 1.00 e. The van der Waals surface area contributed by atoms with E-state index in [4.69, 9.17) is 0 Å². The SMILES string of the molecule is C[N+](C)(C)C.[Cl-].[I-].[Li+]. The Labute approximate surface area is 87.4 Å². The first-order chi connectivity index (χ1) is 2.00. The molecule has 1 nitrogen and oxygen atoms in total. The summed E-state index contributed by atoms with van der Waals surface area (Å²) in [6, 6.07) is 0. The molecule has 0 aromatic carbocycles. The molecule has 48 valence electrons. The van der Waals surface area contributed by atoms with Crippen LogP contribution in [0, 0.1) is 0 Å². The van der Waals surface area contributed by atoms with Crippen LogP contribution < -0.4 is 55.2 Å². The maximum atomic E-state index is 2.12. The van der Waals surface area contributed by atoms with Gasteiger partial charge in [-0.3, -0.25) is 0 Å². The van der Waals surface area contributed by atoms with Crippen LogP contribution in [-0.2, 0) is 0 Å². The molecule has 0 unspecified atom stereocenters. The smallest absolute Gasteiger partial charge is 1.00 e. The van der Waals surface area contributed by atoms with Gasteiger partial charge in [-0.2, -0.15) is 0 Å². The maximum absolute atomic E-state index is 2.12. The molecule has 0 aliphatic rings. The zero-order valence-corrected chi connectivity index (χ0v) is 9.12. The van der Waals surface area contributed by atoms with E-state index < -0.39 is 0 Å². The first-order valence-electron chi connectivity index (χ1n) is 1.79. The third kappa shape index (κ3) is 132. The molecule has 0 amide bonds. The quantitative estimate of drug-likeness (QED) is 0.225. The number of halogens is 2. The van der Waals surface area contributed by atoms with Gasteiger partial charge in [0.1, 0.15) is 0 Å². The minimum absolute atomic E-state index is 0. The summed E-state index contributed by atoms with van der Waals surface area (Å²) in [4.78, 5) is 0. The number of rotatable bonds is 0. The van der Waals surface area contributed by atoms with Crippen molar-refractivity contribution < 1.29 is 59.7 Å². The van der Waals surface area contributed by atoms with E-state index in [9.17, 15) is 0 Å². The van der Waals surface area contributed by atoms with Crippen molar-refractivity contribution in [3.63, 3.8) is 0 Å². The van der Waals surface area contributed by atoms with Crippen LogP contribution in [0.15, 0.2) is 0 Å². The Morgan fingerprint density at radius 2 is 0.875 bits per heavy atom. The van der Waals surface area contributed by atoms with Crippen LogP contribution >= 0.6 is 0 Å². The largest absolute Gasteiger partial charge is 1.00 e. The van der Waals surface area contributed by atoms with Crippen molar-refractivity contribution in [2.45, 2.75) is 0 Å². The predicted molar refractivity (Wildman–Crippen MR) is 24.0 cm³/mol. The molecule has 0 N–H and O–H groups in total. The van der Waals surface area contributed by atoms with Gasteiger partial charge in [-0.05, 0) is 0 Å². The molecule has 0 heterocycles. The van der Waals surface area contributed by atoms with Crippen molar-refractivity contribution in [1.29, 1.82) is 0 Å². The average Bonchev–Trinajstić information content (AvgIpc) is 0.722. The summed E-state index contributed by atoms with van der Waals surface area (Å²) in [7, 11) is 8.50. The monoisotopic (exact) mass is 243 g/mol. The molecule has 8 heavy (non-hydrogen) atoms. The molecule has 0 rings (SSSR count). The zero-order chi connectivity index (χ0) is 4.50. The summed E-state index contributed by atoms with van der Waals surface area (Å²) < 4.78 is 1.00. The molecule has 0 fully saturated rings. The fourth-order valence-electron chi connectivity index (χ4n) is 0. The van der Waals surface area contributed by atoms with Gasteiger partial charge >= 0.3 is 18.9 Å². The van der Waals surface area contributed by atoms with Crippen LogP contribution in [0.2, 0.25) is 0 Å². The molecule has 0 bridgehead atoms. The molecule has 0 aromatic heterocycles. The van der Waals surface area contributed by atoms with Gasteiger partial charge in [0.2, 0.25) is 0 Å². The molecule has 4 heteroatoms. The minimum Gasteiger partial charge on any atom is -1.00 e. The topological polar surface area (TPSA) is 0 Å². The van der Waals surface area contributed by atoms with Crippen molar-refractivity contribution in [1.82, 2.24) is 0 Å². The number of nitrogens with zero attached hydrogens (tertiary/aromatic N) is 1. The van der Waals surface area contributed by atoms with Gasteiger partial charge in [0, 0.05) is 0 Å². The fourth-order valence-corrected chi connectivity index (χ4v) is 0. The summed E-state index contributed by atoms with van der Waals surface area (Å²) in [5.41, 5.74) is 0. The van der Waals surface area contributed by atoms with Gasteiger partial charge in [-0.25, -0.2) is 0 Å². The third-order valence-corrected chi connectivity index (χ3v) is 0. The fraction of sp³-hybridized carbons (Fsp3) is 1.00. The Morgan fingerprint density at radius 1 is 0.875 bits per heavy atom. The van der Waals surface area contributed by atoms with E-state index in [0.29, 0.717) is 0 Å². The Bertz CT molecular complexity index is 31.5. The number of hydrogen-bond donors (Lipinski definition) is 0. The van der Waals surface area contributed by atoms with E-state index in [1.807, 2.05) is 0 Å². The van der Waals surface area contributed by atoms with Gasteiger partial charge in [0.25, 0.3) is 0 Å². The van der Waals surface area contributed by atoms with Gasteiger partial charge in [0.15, 0.2) is 0 Å². The van der Waals surface area contributed by atoms with Crippen LogP contribution in [0.3, 0.4) is 0 Å². The molecular formula is C4H12ClILiN. The van der Waals surface area contributed by atoms with E-state index in [-0.39, 0.29) is 55.2 Å². The van der Waals surface area contributed by atoms with Crippen LogP contribution in [0.4, 0.5) is 0 Å². The Morgan fingerprint density at radius 3 is 0.875 bits per heavy atom. The zero-order valence-electron chi connectivity index (χ0n) is 6.20. The van der Waals surface area contributed by atoms with Crippen molar-refractivity contribution in [3.05, 3.63) is 0 Å². The summed E-state index contributed by atoms with van der Waals surface area (Å²) in [6.07, 6.45) is 0. The van der Waals surface area contributed by atoms with Crippen molar-refractivity contribution in [3.8, 4) is 0 Å². The average molecular weight is 243 g/mol. The van der Waals surface area contributed by atoms with Gasteiger partial charge in [-0.1, -0.05) is 0 Å². The minimum atomic E-state index is 0.